The number of rotatable bonds is 4. The van der Waals surface area contributed by atoms with Crippen LogP contribution in [0, 0.1) is 0 Å². The molecule has 0 saturated carbocycles. The number of aliphatic imine (C=N–C) groups is 1. The lowest BCUT2D eigenvalue weighted by atomic mass is 10.2. The van der Waals surface area contributed by atoms with Crippen LogP contribution >= 0.6 is 24.0 Å². The van der Waals surface area contributed by atoms with Crippen LogP contribution in [-0.4, -0.2) is 80.5 Å². The first-order valence-electron chi connectivity index (χ1n) is 10.5. The van der Waals surface area contributed by atoms with Gasteiger partial charge in [0, 0.05) is 64.6 Å². The number of anilines is 2. The Bertz CT molecular complexity index is 867. The number of aromatic hydroxyl groups is 1. The summed E-state index contributed by atoms with van der Waals surface area (Å²) in [7, 11) is 1.82. The number of nitrogens with zero attached hydrogens (tertiary/aromatic N) is 5. The van der Waals surface area contributed by atoms with E-state index in [1.54, 1.807) is 6.07 Å². The number of piperazine rings is 1. The van der Waals surface area contributed by atoms with Crippen molar-refractivity contribution >= 4 is 41.4 Å². The topological polar surface area (TPSA) is 76.5 Å². The summed E-state index contributed by atoms with van der Waals surface area (Å²) in [6.45, 7) is 7.26. The van der Waals surface area contributed by atoms with Crippen molar-refractivity contribution in [2.75, 3.05) is 69.3 Å². The quantitative estimate of drug-likeness (QED) is 0.351. The molecule has 2 N–H and O–H groups in total. The van der Waals surface area contributed by atoms with Crippen LogP contribution < -0.4 is 15.1 Å². The molecule has 2 saturated heterocycles. The van der Waals surface area contributed by atoms with E-state index >= 15 is 0 Å². The van der Waals surface area contributed by atoms with Crippen LogP contribution in [-0.2, 0) is 11.3 Å². The lowest BCUT2D eigenvalue weighted by Crippen LogP contribution is -2.52. The second-order valence-corrected chi connectivity index (χ2v) is 7.45. The number of hydrogen-bond acceptors (Lipinski definition) is 6. The molecule has 2 aliphatic rings. The zero-order valence-electron chi connectivity index (χ0n) is 17.9. The van der Waals surface area contributed by atoms with Crippen molar-refractivity contribution in [2.24, 2.45) is 4.99 Å². The molecule has 0 bridgehead atoms. The van der Waals surface area contributed by atoms with Gasteiger partial charge < -0.3 is 29.9 Å². The van der Waals surface area contributed by atoms with Crippen molar-refractivity contribution in [2.45, 2.75) is 6.54 Å². The first kappa shape index (κ1) is 23.4. The summed E-state index contributed by atoms with van der Waals surface area (Å²) in [6, 6.07) is 11.6. The minimum absolute atomic E-state index is 0. The molecule has 0 amide bonds. The number of phenolic OH excluding ortho intramolecular Hbond substituents is 1. The molecular formula is C22H31IN6O2. The number of guanidine groups is 1. The summed E-state index contributed by atoms with van der Waals surface area (Å²) in [5, 5.41) is 13.6. The van der Waals surface area contributed by atoms with E-state index in [2.05, 4.69) is 36.1 Å². The van der Waals surface area contributed by atoms with Crippen molar-refractivity contribution in [3.63, 3.8) is 0 Å². The number of phenols is 1. The Morgan fingerprint density at radius 1 is 1.03 bits per heavy atom. The van der Waals surface area contributed by atoms with Gasteiger partial charge in [-0.1, -0.05) is 18.2 Å². The van der Waals surface area contributed by atoms with Gasteiger partial charge in [-0.3, -0.25) is 4.99 Å². The molecule has 1 aromatic heterocycles. The highest BCUT2D eigenvalue weighted by Gasteiger charge is 2.22. The smallest absolute Gasteiger partial charge is 0.194 e. The standard InChI is InChI=1S/C22H30N6O2.HI/c1-23-22(28-11-9-26(10-12-28)19-6-2-3-7-20(19)29)25-17-18-5-4-8-24-21(18)27-13-15-30-16-14-27;/h2-8,29H,9-17H2,1H3,(H,23,25);1H. The summed E-state index contributed by atoms with van der Waals surface area (Å²) in [4.78, 5) is 15.9. The number of nitrogens with one attached hydrogen (secondary N) is 1. The van der Waals surface area contributed by atoms with Gasteiger partial charge in [0.25, 0.3) is 0 Å². The SMILES string of the molecule is CN=C(NCc1cccnc1N1CCOCC1)N1CCN(c2ccccc2O)CC1.I. The van der Waals surface area contributed by atoms with Gasteiger partial charge in [0.2, 0.25) is 0 Å². The van der Waals surface area contributed by atoms with Crippen molar-refractivity contribution in [3.05, 3.63) is 48.2 Å². The van der Waals surface area contributed by atoms with E-state index in [9.17, 15) is 5.11 Å². The number of para-hydroxylation sites is 2. The highest BCUT2D eigenvalue weighted by Crippen LogP contribution is 2.27. The Kier molecular flexibility index (Phi) is 8.59. The van der Waals surface area contributed by atoms with Crippen molar-refractivity contribution in [3.8, 4) is 5.75 Å². The Hall–Kier alpha value is -2.27. The lowest BCUT2D eigenvalue weighted by Gasteiger charge is -2.38. The third kappa shape index (κ3) is 5.70. The van der Waals surface area contributed by atoms with E-state index in [1.807, 2.05) is 37.5 Å². The number of ether oxygens (including phenoxy) is 1. The Morgan fingerprint density at radius 2 is 1.77 bits per heavy atom. The number of aromatic nitrogens is 1. The third-order valence-electron chi connectivity index (χ3n) is 5.63. The Labute approximate surface area is 200 Å². The van der Waals surface area contributed by atoms with E-state index in [-0.39, 0.29) is 24.0 Å². The van der Waals surface area contributed by atoms with Crippen molar-refractivity contribution in [1.29, 1.82) is 0 Å². The van der Waals surface area contributed by atoms with Crippen molar-refractivity contribution in [1.82, 2.24) is 15.2 Å². The van der Waals surface area contributed by atoms with E-state index in [1.165, 1.54) is 0 Å². The zero-order chi connectivity index (χ0) is 20.8. The molecule has 168 valence electrons. The van der Waals surface area contributed by atoms with Gasteiger partial charge in [-0.15, -0.1) is 24.0 Å². The average molecular weight is 538 g/mol. The van der Waals surface area contributed by atoms with Crippen LogP contribution in [0.2, 0.25) is 0 Å². The summed E-state index contributed by atoms with van der Waals surface area (Å²) in [5.74, 6) is 2.25. The molecule has 1 aromatic carbocycles. The second-order valence-electron chi connectivity index (χ2n) is 7.45. The maximum atomic E-state index is 10.1. The molecule has 3 heterocycles. The van der Waals surface area contributed by atoms with E-state index < -0.39 is 0 Å². The number of hydrogen-bond donors (Lipinski definition) is 2. The highest BCUT2D eigenvalue weighted by molar-refractivity contribution is 14.0. The zero-order valence-corrected chi connectivity index (χ0v) is 20.2. The highest BCUT2D eigenvalue weighted by atomic mass is 127. The first-order valence-corrected chi connectivity index (χ1v) is 10.5. The van der Waals surface area contributed by atoms with Crippen LogP contribution in [0.4, 0.5) is 11.5 Å². The Balaban J connectivity index is 0.00000272. The predicted molar refractivity (Wildman–Crippen MR) is 135 cm³/mol. The van der Waals surface area contributed by atoms with E-state index in [0.717, 1.165) is 75.5 Å². The van der Waals surface area contributed by atoms with Gasteiger partial charge in [-0.2, -0.15) is 0 Å². The van der Waals surface area contributed by atoms with E-state index in [4.69, 9.17) is 4.74 Å². The molecule has 0 atom stereocenters. The lowest BCUT2D eigenvalue weighted by molar-refractivity contribution is 0.122. The number of benzene rings is 1. The molecule has 2 aromatic rings. The maximum Gasteiger partial charge on any atom is 0.194 e. The van der Waals surface area contributed by atoms with Crippen LogP contribution in [0.5, 0.6) is 5.75 Å². The molecule has 9 heteroatoms. The fourth-order valence-electron chi connectivity index (χ4n) is 4.03. The molecule has 0 spiro atoms. The molecule has 8 nitrogen and oxygen atoms in total. The number of halogens is 1. The van der Waals surface area contributed by atoms with Gasteiger partial charge in [0.05, 0.1) is 18.9 Å². The van der Waals surface area contributed by atoms with Crippen LogP contribution in [0.1, 0.15) is 5.56 Å². The summed E-state index contributed by atoms with van der Waals surface area (Å²) in [6.07, 6.45) is 1.85. The fraction of sp³-hybridized carbons (Fsp3) is 0.455. The summed E-state index contributed by atoms with van der Waals surface area (Å²) in [5.41, 5.74) is 2.05. The molecule has 31 heavy (non-hydrogen) atoms. The van der Waals surface area contributed by atoms with E-state index in [0.29, 0.717) is 12.3 Å². The molecule has 2 fully saturated rings. The predicted octanol–water partition coefficient (Wildman–Crippen LogP) is 2.14. The molecular weight excluding hydrogens is 507 g/mol. The minimum Gasteiger partial charge on any atom is -0.506 e. The minimum atomic E-state index is 0. The fourth-order valence-corrected chi connectivity index (χ4v) is 4.03. The van der Waals surface area contributed by atoms with Gasteiger partial charge in [-0.05, 0) is 18.2 Å². The van der Waals surface area contributed by atoms with Gasteiger partial charge >= 0.3 is 0 Å². The molecule has 0 unspecified atom stereocenters. The van der Waals surface area contributed by atoms with Crippen LogP contribution in [0.15, 0.2) is 47.6 Å². The van der Waals surface area contributed by atoms with Crippen molar-refractivity contribution < 1.29 is 9.84 Å². The summed E-state index contributed by atoms with van der Waals surface area (Å²) >= 11 is 0. The number of pyridine rings is 1. The number of morpholine rings is 1. The monoisotopic (exact) mass is 538 g/mol. The molecule has 2 aliphatic heterocycles. The van der Waals surface area contributed by atoms with Gasteiger partial charge in [0.1, 0.15) is 11.6 Å². The summed E-state index contributed by atoms with van der Waals surface area (Å²) < 4.78 is 5.47. The maximum absolute atomic E-state index is 10.1. The molecule has 4 rings (SSSR count). The normalized spacial score (nSPS) is 17.3. The van der Waals surface area contributed by atoms with Crippen LogP contribution in [0.25, 0.3) is 0 Å². The Morgan fingerprint density at radius 3 is 2.48 bits per heavy atom. The third-order valence-corrected chi connectivity index (χ3v) is 5.63. The van der Waals surface area contributed by atoms with Gasteiger partial charge in [0.15, 0.2) is 5.96 Å². The van der Waals surface area contributed by atoms with Crippen LogP contribution in [0.3, 0.4) is 0 Å². The first-order chi connectivity index (χ1) is 14.8. The molecule has 0 radical (unpaired) electrons. The second kappa shape index (κ2) is 11.4. The molecule has 0 aliphatic carbocycles. The van der Waals surface area contributed by atoms with Gasteiger partial charge in [-0.25, -0.2) is 4.98 Å². The largest absolute Gasteiger partial charge is 0.506 e. The average Bonchev–Trinajstić information content (AvgIpc) is 2.81.